The van der Waals surface area contributed by atoms with Gasteiger partial charge in [-0.25, -0.2) is 0 Å². The topological polar surface area (TPSA) is 24.8 Å². The van der Waals surface area contributed by atoms with Gasteiger partial charge >= 0.3 is 0 Å². The van der Waals surface area contributed by atoms with E-state index in [1.165, 1.54) is 22.4 Å². The van der Waals surface area contributed by atoms with E-state index in [1.54, 1.807) is 4.90 Å². The van der Waals surface area contributed by atoms with E-state index in [9.17, 15) is 4.79 Å². The Morgan fingerprint density at radius 2 is 1.68 bits per heavy atom. The van der Waals surface area contributed by atoms with Gasteiger partial charge in [0.1, 0.15) is 12.3 Å². The highest BCUT2D eigenvalue weighted by atomic mass is 16.1. The smallest absolute Gasteiger partial charge is 0.150 e. The van der Waals surface area contributed by atoms with Crippen LogP contribution in [0.5, 0.6) is 0 Å². The average Bonchev–Trinajstić information content (AvgIpc) is 2.63. The zero-order chi connectivity index (χ0) is 18.0. The second kappa shape index (κ2) is 7.40. The summed E-state index contributed by atoms with van der Waals surface area (Å²) in [5.74, 6) is 0. The van der Waals surface area contributed by atoms with Gasteiger partial charge in [0.05, 0.1) is 26.2 Å². The molecule has 3 nitrogen and oxygen atoms in total. The highest BCUT2D eigenvalue weighted by molar-refractivity contribution is 5.78. The fraction of sp³-hybridized carbons (Fsp3) is 0.409. The van der Waals surface area contributed by atoms with Crippen LogP contribution in [0.25, 0.3) is 0 Å². The minimum atomic E-state index is 0.528. The highest BCUT2D eigenvalue weighted by Crippen LogP contribution is 2.19. The predicted octanol–water partition coefficient (Wildman–Crippen LogP) is 2.89. The lowest BCUT2D eigenvalue weighted by atomic mass is 10.0. The molecule has 0 amide bonds. The van der Waals surface area contributed by atoms with Crippen molar-refractivity contribution in [3.05, 3.63) is 64.2 Å². The molecule has 0 radical (unpaired) electrons. The van der Waals surface area contributed by atoms with E-state index < -0.39 is 0 Å². The van der Waals surface area contributed by atoms with Crippen molar-refractivity contribution in [1.29, 1.82) is 0 Å². The van der Waals surface area contributed by atoms with E-state index in [0.29, 0.717) is 6.04 Å². The van der Waals surface area contributed by atoms with Gasteiger partial charge in [0.25, 0.3) is 0 Å². The van der Waals surface area contributed by atoms with Crippen LogP contribution in [0.4, 0.5) is 5.69 Å². The lowest BCUT2D eigenvalue weighted by Crippen LogP contribution is -3.14. The first-order valence-electron chi connectivity index (χ1n) is 9.22. The van der Waals surface area contributed by atoms with Crippen molar-refractivity contribution in [1.82, 2.24) is 0 Å². The zero-order valence-corrected chi connectivity index (χ0v) is 15.8. The molecule has 1 saturated heterocycles. The molecule has 2 aromatic carbocycles. The normalized spacial score (nSPS) is 16.7. The number of carbonyl (C=O) groups excluding carboxylic acids is 1. The molecule has 1 heterocycles. The first kappa shape index (κ1) is 17.7. The van der Waals surface area contributed by atoms with Crippen molar-refractivity contribution < 1.29 is 9.69 Å². The summed E-state index contributed by atoms with van der Waals surface area (Å²) >= 11 is 0. The molecule has 3 heteroatoms. The van der Waals surface area contributed by atoms with Gasteiger partial charge in [0.15, 0.2) is 0 Å². The van der Waals surface area contributed by atoms with Crippen LogP contribution in [0.1, 0.15) is 45.6 Å². The number of nitrogens with zero attached hydrogens (tertiary/aromatic N) is 1. The summed E-state index contributed by atoms with van der Waals surface area (Å²) in [4.78, 5) is 15.1. The molecule has 0 unspecified atom stereocenters. The number of hydrogen-bond acceptors (Lipinski definition) is 2. The first-order valence-corrected chi connectivity index (χ1v) is 9.22. The standard InChI is InChI=1S/C22H28N2O/c1-16-5-6-20(13-17(16)2)19(4)23-9-11-24(12-10-23)22-8-7-21(15-25)18(3)14-22/h5-8,13-15,19H,9-12H2,1-4H3/p+1/t19-/m1/s1. The van der Waals surface area contributed by atoms with Crippen LogP contribution in [-0.4, -0.2) is 32.5 Å². The molecule has 0 saturated carbocycles. The van der Waals surface area contributed by atoms with Crippen LogP contribution in [0, 0.1) is 20.8 Å². The Morgan fingerprint density at radius 3 is 2.28 bits per heavy atom. The van der Waals surface area contributed by atoms with Crippen molar-refractivity contribution in [3.8, 4) is 0 Å². The lowest BCUT2D eigenvalue weighted by molar-refractivity contribution is -0.930. The maximum atomic E-state index is 11.0. The Bertz CT molecular complexity index is 761. The molecule has 0 aromatic heterocycles. The Morgan fingerprint density at radius 1 is 0.960 bits per heavy atom. The molecule has 132 valence electrons. The second-order valence-corrected chi connectivity index (χ2v) is 7.37. The van der Waals surface area contributed by atoms with Gasteiger partial charge in [-0.15, -0.1) is 0 Å². The molecule has 1 N–H and O–H groups in total. The molecule has 1 aliphatic heterocycles. The molecular weight excluding hydrogens is 308 g/mol. The van der Waals surface area contributed by atoms with Gasteiger partial charge in [0.2, 0.25) is 0 Å². The third-order valence-corrected chi connectivity index (χ3v) is 5.79. The van der Waals surface area contributed by atoms with Crippen molar-refractivity contribution in [3.63, 3.8) is 0 Å². The molecule has 0 spiro atoms. The fourth-order valence-corrected chi connectivity index (χ4v) is 3.74. The van der Waals surface area contributed by atoms with E-state index >= 15 is 0 Å². The van der Waals surface area contributed by atoms with E-state index in [2.05, 4.69) is 56.0 Å². The largest absolute Gasteiger partial charge is 0.360 e. The number of rotatable bonds is 4. The van der Waals surface area contributed by atoms with Crippen molar-refractivity contribution in [2.45, 2.75) is 33.7 Å². The summed E-state index contributed by atoms with van der Waals surface area (Å²) in [6.45, 7) is 13.1. The summed E-state index contributed by atoms with van der Waals surface area (Å²) in [6.07, 6.45) is 0.937. The fourth-order valence-electron chi connectivity index (χ4n) is 3.74. The summed E-state index contributed by atoms with van der Waals surface area (Å²) in [5.41, 5.74) is 7.28. The Kier molecular flexibility index (Phi) is 5.24. The number of aldehydes is 1. The summed E-state index contributed by atoms with van der Waals surface area (Å²) in [7, 11) is 0. The Balaban J connectivity index is 1.65. The highest BCUT2D eigenvalue weighted by Gasteiger charge is 2.26. The van der Waals surface area contributed by atoms with Gasteiger partial charge in [0, 0.05) is 16.8 Å². The lowest BCUT2D eigenvalue weighted by Gasteiger charge is -2.37. The van der Waals surface area contributed by atoms with E-state index in [-0.39, 0.29) is 0 Å². The number of hydrogen-bond donors (Lipinski definition) is 1. The Labute approximate surface area is 151 Å². The summed E-state index contributed by atoms with van der Waals surface area (Å²) in [5, 5.41) is 0. The van der Waals surface area contributed by atoms with E-state index in [0.717, 1.165) is 43.6 Å². The number of aryl methyl sites for hydroxylation is 3. The number of anilines is 1. The first-order chi connectivity index (χ1) is 12.0. The molecule has 1 aliphatic rings. The molecule has 2 aromatic rings. The average molecular weight is 337 g/mol. The minimum Gasteiger partial charge on any atom is -0.360 e. The van der Waals surface area contributed by atoms with Gasteiger partial charge in [-0.2, -0.15) is 0 Å². The molecule has 0 bridgehead atoms. The van der Waals surface area contributed by atoms with Crippen LogP contribution in [0.2, 0.25) is 0 Å². The number of nitrogens with one attached hydrogen (secondary N) is 1. The molecule has 3 rings (SSSR count). The predicted molar refractivity (Wildman–Crippen MR) is 104 cm³/mol. The number of carbonyl (C=O) groups is 1. The summed E-state index contributed by atoms with van der Waals surface area (Å²) < 4.78 is 0. The second-order valence-electron chi connectivity index (χ2n) is 7.37. The van der Waals surface area contributed by atoms with Gasteiger partial charge in [-0.1, -0.05) is 12.1 Å². The third kappa shape index (κ3) is 3.77. The number of quaternary nitrogens is 1. The van der Waals surface area contributed by atoms with Crippen molar-refractivity contribution >= 4 is 12.0 Å². The van der Waals surface area contributed by atoms with Crippen LogP contribution in [0.3, 0.4) is 0 Å². The summed E-state index contributed by atoms with van der Waals surface area (Å²) in [6, 6.07) is 13.6. The Hall–Kier alpha value is -2.13. The third-order valence-electron chi connectivity index (χ3n) is 5.79. The van der Waals surface area contributed by atoms with Crippen molar-refractivity contribution in [2.75, 3.05) is 31.1 Å². The minimum absolute atomic E-state index is 0.528. The van der Waals surface area contributed by atoms with Crippen LogP contribution in [-0.2, 0) is 0 Å². The van der Waals surface area contributed by atoms with E-state index in [4.69, 9.17) is 0 Å². The van der Waals surface area contributed by atoms with Gasteiger partial charge in [-0.05, 0) is 68.7 Å². The zero-order valence-electron chi connectivity index (χ0n) is 15.8. The van der Waals surface area contributed by atoms with Crippen LogP contribution < -0.4 is 9.80 Å². The van der Waals surface area contributed by atoms with Gasteiger partial charge in [-0.3, -0.25) is 4.79 Å². The van der Waals surface area contributed by atoms with Crippen molar-refractivity contribution in [2.24, 2.45) is 0 Å². The molecule has 0 aliphatic carbocycles. The maximum Gasteiger partial charge on any atom is 0.150 e. The number of piperazine rings is 1. The molecule has 25 heavy (non-hydrogen) atoms. The maximum absolute atomic E-state index is 11.0. The van der Waals surface area contributed by atoms with Crippen LogP contribution >= 0.6 is 0 Å². The van der Waals surface area contributed by atoms with E-state index in [1.807, 2.05) is 13.0 Å². The molecule has 1 fully saturated rings. The SMILES string of the molecule is Cc1ccc([C@@H](C)[NH+]2CCN(c3ccc(C=O)c(C)c3)CC2)cc1C. The molecular formula is C22H29N2O+. The molecule has 1 atom stereocenters. The quantitative estimate of drug-likeness (QED) is 0.868. The number of benzene rings is 2. The monoisotopic (exact) mass is 337 g/mol. The van der Waals surface area contributed by atoms with Crippen LogP contribution in [0.15, 0.2) is 36.4 Å². The van der Waals surface area contributed by atoms with Gasteiger partial charge < -0.3 is 9.80 Å².